The van der Waals surface area contributed by atoms with Crippen LogP contribution in [0.1, 0.15) is 45.4 Å². The lowest BCUT2D eigenvalue weighted by Gasteiger charge is -2.28. The maximum atomic E-state index is 11.9. The van der Waals surface area contributed by atoms with Gasteiger partial charge in [0.15, 0.2) is 0 Å². The number of amides is 2. The van der Waals surface area contributed by atoms with Gasteiger partial charge in [0.1, 0.15) is 6.04 Å². The van der Waals surface area contributed by atoms with E-state index in [1.54, 1.807) is 0 Å². The highest BCUT2D eigenvalue weighted by Crippen LogP contribution is 2.26. The van der Waals surface area contributed by atoms with E-state index in [2.05, 4.69) is 10.6 Å². The van der Waals surface area contributed by atoms with Crippen LogP contribution in [0.3, 0.4) is 0 Å². The number of rotatable bonds is 5. The molecule has 1 heterocycles. The molecule has 120 valence electrons. The van der Waals surface area contributed by atoms with Crippen LogP contribution < -0.4 is 10.6 Å². The van der Waals surface area contributed by atoms with Gasteiger partial charge in [0.2, 0.25) is 0 Å². The van der Waals surface area contributed by atoms with Gasteiger partial charge in [-0.3, -0.25) is 0 Å². The van der Waals surface area contributed by atoms with Crippen LogP contribution in [-0.4, -0.2) is 42.4 Å². The molecule has 0 aromatic carbocycles. The number of nitrogens with one attached hydrogen (secondary N) is 2. The van der Waals surface area contributed by atoms with Gasteiger partial charge < -0.3 is 20.5 Å². The highest BCUT2D eigenvalue weighted by molar-refractivity contribution is 5.82. The molecule has 3 N–H and O–H groups in total. The summed E-state index contributed by atoms with van der Waals surface area (Å²) in [7, 11) is 0. The van der Waals surface area contributed by atoms with E-state index in [9.17, 15) is 14.7 Å². The predicted molar refractivity (Wildman–Crippen MR) is 78.1 cm³/mol. The Labute approximate surface area is 125 Å². The van der Waals surface area contributed by atoms with Crippen molar-refractivity contribution in [3.8, 4) is 0 Å². The Bertz CT molecular complexity index is 369. The van der Waals surface area contributed by atoms with E-state index in [-0.39, 0.29) is 18.1 Å². The summed E-state index contributed by atoms with van der Waals surface area (Å²) >= 11 is 0. The van der Waals surface area contributed by atoms with Gasteiger partial charge in [-0.1, -0.05) is 19.3 Å². The lowest BCUT2D eigenvalue weighted by atomic mass is 9.84. The van der Waals surface area contributed by atoms with Crippen molar-refractivity contribution >= 4 is 12.0 Å². The monoisotopic (exact) mass is 298 g/mol. The van der Waals surface area contributed by atoms with Gasteiger partial charge in [-0.25, -0.2) is 9.59 Å². The molecule has 3 atom stereocenters. The summed E-state index contributed by atoms with van der Waals surface area (Å²) in [6, 6.07) is -1.16. The topological polar surface area (TPSA) is 87.7 Å². The van der Waals surface area contributed by atoms with Gasteiger partial charge >= 0.3 is 12.0 Å². The Morgan fingerprint density at radius 3 is 2.52 bits per heavy atom. The second-order valence-corrected chi connectivity index (χ2v) is 6.19. The maximum Gasteiger partial charge on any atom is 0.326 e. The van der Waals surface area contributed by atoms with Crippen molar-refractivity contribution in [2.75, 3.05) is 13.2 Å². The van der Waals surface area contributed by atoms with E-state index >= 15 is 0 Å². The molecule has 2 rings (SSSR count). The van der Waals surface area contributed by atoms with Crippen molar-refractivity contribution < 1.29 is 19.4 Å². The Balaban J connectivity index is 1.79. The summed E-state index contributed by atoms with van der Waals surface area (Å²) in [5.41, 5.74) is 0. The standard InChI is InChI=1S/C15H26N2O4/c1-10-12(7-8-21-10)9-16-15(20)17-13(14(18)19)11-5-3-2-4-6-11/h10-13H,2-9H2,1H3,(H,18,19)(H2,16,17,20). The minimum absolute atomic E-state index is 0.0516. The molecule has 0 radical (unpaired) electrons. The summed E-state index contributed by atoms with van der Waals surface area (Å²) in [5.74, 6) is -0.570. The van der Waals surface area contributed by atoms with Crippen molar-refractivity contribution in [3.05, 3.63) is 0 Å². The second-order valence-electron chi connectivity index (χ2n) is 6.19. The number of hydrogen-bond donors (Lipinski definition) is 3. The molecule has 1 aliphatic carbocycles. The highest BCUT2D eigenvalue weighted by atomic mass is 16.5. The molecule has 2 aliphatic rings. The Kier molecular flexibility index (Phi) is 5.85. The van der Waals surface area contributed by atoms with Gasteiger partial charge in [0.05, 0.1) is 6.10 Å². The minimum Gasteiger partial charge on any atom is -0.480 e. The molecule has 1 aliphatic heterocycles. The highest BCUT2D eigenvalue weighted by Gasteiger charge is 2.31. The summed E-state index contributed by atoms with van der Waals surface area (Å²) in [6.45, 7) is 3.26. The number of urea groups is 1. The van der Waals surface area contributed by atoms with E-state index < -0.39 is 12.0 Å². The van der Waals surface area contributed by atoms with Crippen LogP contribution in [0.5, 0.6) is 0 Å². The van der Waals surface area contributed by atoms with Gasteiger partial charge in [-0.2, -0.15) is 0 Å². The lowest BCUT2D eigenvalue weighted by Crippen LogP contribution is -2.51. The fourth-order valence-corrected chi connectivity index (χ4v) is 3.31. The summed E-state index contributed by atoms with van der Waals surface area (Å²) in [6.07, 6.45) is 6.11. The summed E-state index contributed by atoms with van der Waals surface area (Å²) in [4.78, 5) is 23.3. The van der Waals surface area contributed by atoms with Crippen molar-refractivity contribution in [2.24, 2.45) is 11.8 Å². The molecule has 1 saturated carbocycles. The predicted octanol–water partition coefficient (Wildman–Crippen LogP) is 1.74. The van der Waals surface area contributed by atoms with Crippen LogP contribution in [0.15, 0.2) is 0 Å². The molecule has 1 saturated heterocycles. The van der Waals surface area contributed by atoms with Crippen LogP contribution in [0.4, 0.5) is 4.79 Å². The summed E-state index contributed by atoms with van der Waals surface area (Å²) < 4.78 is 5.45. The third kappa shape index (κ3) is 4.59. The number of ether oxygens (including phenoxy) is 1. The number of aliphatic carboxylic acids is 1. The van der Waals surface area contributed by atoms with Crippen LogP contribution in [0.2, 0.25) is 0 Å². The first-order valence-electron chi connectivity index (χ1n) is 7.96. The van der Waals surface area contributed by atoms with E-state index in [0.717, 1.165) is 45.1 Å². The minimum atomic E-state index is -0.936. The second kappa shape index (κ2) is 7.64. The fraction of sp³-hybridized carbons (Fsp3) is 0.867. The number of carboxylic acids is 1. The van der Waals surface area contributed by atoms with Gasteiger partial charge in [0, 0.05) is 19.1 Å². The van der Waals surface area contributed by atoms with E-state index in [4.69, 9.17) is 4.74 Å². The van der Waals surface area contributed by atoms with Gasteiger partial charge in [-0.05, 0) is 32.1 Å². The zero-order valence-electron chi connectivity index (χ0n) is 12.6. The average Bonchev–Trinajstić information content (AvgIpc) is 2.88. The van der Waals surface area contributed by atoms with Crippen LogP contribution >= 0.6 is 0 Å². The van der Waals surface area contributed by atoms with E-state index in [1.165, 1.54) is 0 Å². The van der Waals surface area contributed by atoms with Crippen molar-refractivity contribution in [3.63, 3.8) is 0 Å². The number of carbonyl (C=O) groups excluding carboxylic acids is 1. The molecule has 0 aromatic heterocycles. The molecule has 21 heavy (non-hydrogen) atoms. The first-order chi connectivity index (χ1) is 10.1. The number of carbonyl (C=O) groups is 2. The third-order valence-electron chi connectivity index (χ3n) is 4.73. The van der Waals surface area contributed by atoms with Crippen LogP contribution in [0, 0.1) is 11.8 Å². The van der Waals surface area contributed by atoms with Gasteiger partial charge in [-0.15, -0.1) is 0 Å². The molecule has 6 nitrogen and oxygen atoms in total. The molecule has 0 spiro atoms. The molecule has 0 bridgehead atoms. The Morgan fingerprint density at radius 2 is 1.95 bits per heavy atom. The fourth-order valence-electron chi connectivity index (χ4n) is 3.31. The van der Waals surface area contributed by atoms with Crippen molar-refractivity contribution in [1.29, 1.82) is 0 Å². The summed E-state index contributed by atoms with van der Waals surface area (Å²) in [5, 5.41) is 14.8. The molecular formula is C15H26N2O4. The maximum absolute atomic E-state index is 11.9. The Hall–Kier alpha value is -1.30. The van der Waals surface area contributed by atoms with E-state index in [0.29, 0.717) is 12.5 Å². The van der Waals surface area contributed by atoms with Crippen molar-refractivity contribution in [1.82, 2.24) is 10.6 Å². The number of carboxylic acid groups (broad SMARTS) is 1. The molecule has 2 amide bonds. The van der Waals surface area contributed by atoms with E-state index in [1.807, 2.05) is 6.92 Å². The van der Waals surface area contributed by atoms with Gasteiger partial charge in [0.25, 0.3) is 0 Å². The zero-order valence-corrected chi connectivity index (χ0v) is 12.6. The average molecular weight is 298 g/mol. The lowest BCUT2D eigenvalue weighted by molar-refractivity contribution is -0.141. The quantitative estimate of drug-likeness (QED) is 0.721. The SMILES string of the molecule is CC1OCCC1CNC(=O)NC(C(=O)O)C1CCCCC1. The third-order valence-corrected chi connectivity index (χ3v) is 4.73. The number of hydrogen-bond acceptors (Lipinski definition) is 3. The first kappa shape index (κ1) is 16.1. The van der Waals surface area contributed by atoms with Crippen molar-refractivity contribution in [2.45, 2.75) is 57.6 Å². The first-order valence-corrected chi connectivity index (χ1v) is 7.96. The molecule has 6 heteroatoms. The largest absolute Gasteiger partial charge is 0.480 e. The molecular weight excluding hydrogens is 272 g/mol. The van der Waals surface area contributed by atoms with Crippen LogP contribution in [-0.2, 0) is 9.53 Å². The molecule has 2 fully saturated rings. The zero-order chi connectivity index (χ0) is 15.2. The van der Waals surface area contributed by atoms with Crippen LogP contribution in [0.25, 0.3) is 0 Å². The Morgan fingerprint density at radius 1 is 1.24 bits per heavy atom. The molecule has 0 aromatic rings. The normalized spacial score (nSPS) is 28.0. The molecule has 3 unspecified atom stereocenters. The smallest absolute Gasteiger partial charge is 0.326 e.